The van der Waals surface area contributed by atoms with Crippen LogP contribution in [0.2, 0.25) is 0 Å². The van der Waals surface area contributed by atoms with Gasteiger partial charge in [-0.2, -0.15) is 0 Å². The first-order chi connectivity index (χ1) is 11.6. The number of aliphatic hydroxyl groups is 2. The van der Waals surface area contributed by atoms with Crippen molar-refractivity contribution >= 4 is 16.8 Å². The van der Waals surface area contributed by atoms with E-state index in [0.29, 0.717) is 23.7 Å². The van der Waals surface area contributed by atoms with E-state index in [-0.39, 0.29) is 43.0 Å². The van der Waals surface area contributed by atoms with Crippen LogP contribution in [0.15, 0.2) is 35.4 Å². The van der Waals surface area contributed by atoms with Gasteiger partial charge in [-0.15, -0.1) is 0 Å². The first-order valence-corrected chi connectivity index (χ1v) is 8.11. The number of carbonyl (C=O) groups is 1. The number of amides is 1. The van der Waals surface area contributed by atoms with Gasteiger partial charge in [0.15, 0.2) is 0 Å². The molecule has 1 amide bonds. The molecule has 1 aliphatic carbocycles. The van der Waals surface area contributed by atoms with Crippen molar-refractivity contribution in [2.24, 2.45) is 5.92 Å². The standard InChI is InChI=1S/C17H21N3O4/c21-9-11-7-12(8-15(11)22)19-16(23)5-6-20-10-18-14-4-2-1-3-13(14)17(20)24/h1-4,10-12,15,21-22H,5-9H2,(H,19,23)/t11-,12+,15-/m1/s1. The van der Waals surface area contributed by atoms with Crippen LogP contribution in [0.4, 0.5) is 0 Å². The van der Waals surface area contributed by atoms with Crippen molar-refractivity contribution in [3.05, 3.63) is 40.9 Å². The number of hydrogen-bond acceptors (Lipinski definition) is 5. The van der Waals surface area contributed by atoms with E-state index in [1.807, 2.05) is 6.07 Å². The highest BCUT2D eigenvalue weighted by molar-refractivity contribution is 5.77. The maximum atomic E-state index is 12.3. The maximum absolute atomic E-state index is 12.3. The number of nitrogens with one attached hydrogen (secondary N) is 1. The third kappa shape index (κ3) is 3.47. The van der Waals surface area contributed by atoms with Gasteiger partial charge in [-0.05, 0) is 25.0 Å². The summed E-state index contributed by atoms with van der Waals surface area (Å²) >= 11 is 0. The number of aryl methyl sites for hydroxylation is 1. The lowest BCUT2D eigenvalue weighted by atomic mass is 10.1. The van der Waals surface area contributed by atoms with Gasteiger partial charge < -0.3 is 15.5 Å². The third-order valence-corrected chi connectivity index (χ3v) is 4.57. The molecule has 1 heterocycles. The highest BCUT2D eigenvalue weighted by Crippen LogP contribution is 2.25. The number of carbonyl (C=O) groups excluding carboxylic acids is 1. The van der Waals surface area contributed by atoms with Crippen LogP contribution in [0.25, 0.3) is 10.9 Å². The molecule has 1 aromatic carbocycles. The molecule has 0 unspecified atom stereocenters. The van der Waals surface area contributed by atoms with Gasteiger partial charge >= 0.3 is 0 Å². The topological polar surface area (TPSA) is 104 Å². The number of fused-ring (bicyclic) bond motifs is 1. The largest absolute Gasteiger partial charge is 0.396 e. The Morgan fingerprint density at radius 1 is 1.33 bits per heavy atom. The minimum atomic E-state index is -0.576. The fourth-order valence-electron chi connectivity index (χ4n) is 3.20. The maximum Gasteiger partial charge on any atom is 0.261 e. The van der Waals surface area contributed by atoms with Crippen LogP contribution in [0.3, 0.4) is 0 Å². The van der Waals surface area contributed by atoms with Crippen LogP contribution >= 0.6 is 0 Å². The summed E-state index contributed by atoms with van der Waals surface area (Å²) in [5, 5.41) is 22.3. The number of nitrogens with zero attached hydrogens (tertiary/aromatic N) is 2. The summed E-state index contributed by atoms with van der Waals surface area (Å²) in [4.78, 5) is 28.6. The summed E-state index contributed by atoms with van der Waals surface area (Å²) in [6.07, 6.45) is 2.07. The Morgan fingerprint density at radius 3 is 2.88 bits per heavy atom. The Morgan fingerprint density at radius 2 is 2.12 bits per heavy atom. The van der Waals surface area contributed by atoms with Gasteiger partial charge in [-0.25, -0.2) is 4.98 Å². The van der Waals surface area contributed by atoms with E-state index < -0.39 is 6.10 Å². The zero-order valence-corrected chi connectivity index (χ0v) is 13.3. The zero-order valence-electron chi connectivity index (χ0n) is 13.3. The van der Waals surface area contributed by atoms with E-state index in [9.17, 15) is 14.7 Å². The van der Waals surface area contributed by atoms with Crippen LogP contribution in [0.1, 0.15) is 19.3 Å². The number of aliphatic hydroxyl groups excluding tert-OH is 2. The van der Waals surface area contributed by atoms with Gasteiger partial charge in [0.25, 0.3) is 5.56 Å². The van der Waals surface area contributed by atoms with Gasteiger partial charge in [-0.3, -0.25) is 14.2 Å². The molecule has 128 valence electrons. The Hall–Kier alpha value is -2.25. The van der Waals surface area contributed by atoms with Gasteiger partial charge in [0.05, 0.1) is 23.3 Å². The number of hydrogen-bond donors (Lipinski definition) is 3. The second-order valence-electron chi connectivity index (χ2n) is 6.26. The summed E-state index contributed by atoms with van der Waals surface area (Å²) in [6, 6.07) is 6.97. The fourth-order valence-corrected chi connectivity index (χ4v) is 3.20. The molecule has 3 N–H and O–H groups in total. The average Bonchev–Trinajstić information content (AvgIpc) is 2.94. The van der Waals surface area contributed by atoms with Crippen molar-refractivity contribution in [2.45, 2.75) is 38.0 Å². The Balaban J connectivity index is 1.59. The lowest BCUT2D eigenvalue weighted by Crippen LogP contribution is -2.34. The quantitative estimate of drug-likeness (QED) is 0.717. The first kappa shape index (κ1) is 16.6. The van der Waals surface area contributed by atoms with Gasteiger partial charge in [0.1, 0.15) is 0 Å². The summed E-state index contributed by atoms with van der Waals surface area (Å²) in [5.74, 6) is -0.353. The Kier molecular flexibility index (Phi) is 4.92. The molecule has 1 aliphatic rings. The summed E-state index contributed by atoms with van der Waals surface area (Å²) in [7, 11) is 0. The highest BCUT2D eigenvalue weighted by Gasteiger charge is 2.33. The van der Waals surface area contributed by atoms with Crippen LogP contribution in [0, 0.1) is 5.92 Å². The Labute approximate surface area is 139 Å². The van der Waals surface area contributed by atoms with Gasteiger partial charge in [-0.1, -0.05) is 12.1 Å². The van der Waals surface area contributed by atoms with E-state index in [1.54, 1.807) is 18.2 Å². The van der Waals surface area contributed by atoms with Crippen LogP contribution in [-0.2, 0) is 11.3 Å². The van der Waals surface area contributed by atoms with Crippen molar-refractivity contribution < 1.29 is 15.0 Å². The molecule has 7 heteroatoms. The molecule has 2 aromatic rings. The van der Waals surface area contributed by atoms with Crippen molar-refractivity contribution in [1.82, 2.24) is 14.9 Å². The molecule has 1 fully saturated rings. The molecule has 0 spiro atoms. The van der Waals surface area contributed by atoms with Crippen molar-refractivity contribution in [1.29, 1.82) is 0 Å². The molecular formula is C17H21N3O4. The summed E-state index contributed by atoms with van der Waals surface area (Å²) in [6.45, 7) is 0.174. The first-order valence-electron chi connectivity index (χ1n) is 8.11. The van der Waals surface area contributed by atoms with E-state index in [1.165, 1.54) is 10.9 Å². The molecule has 3 rings (SSSR count). The van der Waals surface area contributed by atoms with Crippen molar-refractivity contribution in [3.8, 4) is 0 Å². The Bertz CT molecular complexity index is 789. The predicted molar refractivity (Wildman–Crippen MR) is 88.4 cm³/mol. The molecule has 0 radical (unpaired) electrons. The van der Waals surface area contributed by atoms with Crippen LogP contribution in [0.5, 0.6) is 0 Å². The van der Waals surface area contributed by atoms with Crippen molar-refractivity contribution in [2.75, 3.05) is 6.61 Å². The molecule has 0 aliphatic heterocycles. The zero-order chi connectivity index (χ0) is 17.1. The summed E-state index contributed by atoms with van der Waals surface area (Å²) < 4.78 is 1.43. The monoisotopic (exact) mass is 331 g/mol. The molecule has 1 saturated carbocycles. The molecule has 0 saturated heterocycles. The minimum absolute atomic E-state index is 0.0777. The SMILES string of the molecule is O=C(CCn1cnc2ccccc2c1=O)N[C@H]1C[C@H](CO)[C@H](O)C1. The molecule has 3 atom stereocenters. The molecule has 1 aromatic heterocycles. The third-order valence-electron chi connectivity index (χ3n) is 4.57. The molecular weight excluding hydrogens is 310 g/mol. The second kappa shape index (κ2) is 7.11. The number of benzene rings is 1. The number of rotatable bonds is 5. The predicted octanol–water partition coefficient (Wildman–Crippen LogP) is 0.0346. The normalized spacial score (nSPS) is 23.5. The van der Waals surface area contributed by atoms with Crippen LogP contribution in [-0.4, -0.2) is 44.4 Å². The van der Waals surface area contributed by atoms with Gasteiger partial charge in [0, 0.05) is 31.5 Å². The van der Waals surface area contributed by atoms with Crippen molar-refractivity contribution in [3.63, 3.8) is 0 Å². The van der Waals surface area contributed by atoms with E-state index in [4.69, 9.17) is 5.11 Å². The molecule has 24 heavy (non-hydrogen) atoms. The van der Waals surface area contributed by atoms with E-state index in [0.717, 1.165) is 0 Å². The van der Waals surface area contributed by atoms with Crippen LogP contribution < -0.4 is 10.9 Å². The lowest BCUT2D eigenvalue weighted by molar-refractivity contribution is -0.122. The number of aromatic nitrogens is 2. The summed E-state index contributed by atoms with van der Waals surface area (Å²) in [5.41, 5.74) is 0.475. The van der Waals surface area contributed by atoms with E-state index >= 15 is 0 Å². The number of para-hydroxylation sites is 1. The van der Waals surface area contributed by atoms with Gasteiger partial charge in [0.2, 0.25) is 5.91 Å². The lowest BCUT2D eigenvalue weighted by Gasteiger charge is -2.13. The molecule has 7 nitrogen and oxygen atoms in total. The highest BCUT2D eigenvalue weighted by atomic mass is 16.3. The minimum Gasteiger partial charge on any atom is -0.396 e. The fraction of sp³-hybridized carbons (Fsp3) is 0.471. The average molecular weight is 331 g/mol. The van der Waals surface area contributed by atoms with E-state index in [2.05, 4.69) is 10.3 Å². The molecule has 0 bridgehead atoms. The smallest absolute Gasteiger partial charge is 0.261 e. The second-order valence-corrected chi connectivity index (χ2v) is 6.26.